The Morgan fingerprint density at radius 1 is 1.11 bits per heavy atom. The minimum Gasteiger partial charge on any atom is -0.443 e. The van der Waals surface area contributed by atoms with Crippen molar-refractivity contribution in [2.45, 2.75) is 31.5 Å². The van der Waals surface area contributed by atoms with Crippen molar-refractivity contribution in [2.24, 2.45) is 5.73 Å². The zero-order chi connectivity index (χ0) is 26.8. The second kappa shape index (κ2) is 9.87. The van der Waals surface area contributed by atoms with Crippen molar-refractivity contribution in [3.63, 3.8) is 0 Å². The Hall–Kier alpha value is -4.49. The molecule has 0 unspecified atom stereocenters. The third-order valence-corrected chi connectivity index (χ3v) is 5.90. The molecular formula is C23H23F3N8O3. The van der Waals surface area contributed by atoms with Gasteiger partial charge in [0.2, 0.25) is 0 Å². The predicted molar refractivity (Wildman–Crippen MR) is 127 cm³/mol. The first-order valence-corrected chi connectivity index (χ1v) is 11.1. The van der Waals surface area contributed by atoms with E-state index in [1.807, 2.05) is 4.90 Å². The van der Waals surface area contributed by atoms with Gasteiger partial charge in [-0.25, -0.2) is 19.7 Å². The standard InChI is InChI=1S/C23H23F3N8O3/c1-22(37-21(28)36)6-10-34(11-7-22)15-5-3-9-30-19(15)33-20(35)17-18(27)31-12-14(32-17)16-13(23(24,25)26)4-2-8-29-16/h2-5,8-9,12H,6-7,10-11H2,1H3,(H2,27,31)(H2,28,36)(H,30,33,35). The van der Waals surface area contributed by atoms with Gasteiger partial charge in [-0.1, -0.05) is 0 Å². The van der Waals surface area contributed by atoms with E-state index in [1.54, 1.807) is 19.1 Å². The fraction of sp³-hybridized carbons (Fsp3) is 0.304. The highest BCUT2D eigenvalue weighted by atomic mass is 19.4. The Labute approximate surface area is 209 Å². The molecule has 1 fully saturated rings. The summed E-state index contributed by atoms with van der Waals surface area (Å²) in [5, 5.41) is 2.62. The van der Waals surface area contributed by atoms with Crippen LogP contribution in [0, 0.1) is 0 Å². The Balaban J connectivity index is 1.58. The van der Waals surface area contributed by atoms with Crippen molar-refractivity contribution in [2.75, 3.05) is 29.0 Å². The summed E-state index contributed by atoms with van der Waals surface area (Å²) in [7, 11) is 0. The number of amides is 2. The van der Waals surface area contributed by atoms with Crippen molar-refractivity contribution in [3.05, 3.63) is 54.1 Å². The van der Waals surface area contributed by atoms with Crippen LogP contribution in [0.25, 0.3) is 11.4 Å². The summed E-state index contributed by atoms with van der Waals surface area (Å²) >= 11 is 0. The van der Waals surface area contributed by atoms with E-state index in [4.69, 9.17) is 16.2 Å². The van der Waals surface area contributed by atoms with Gasteiger partial charge in [0.05, 0.1) is 17.4 Å². The molecular weight excluding hydrogens is 493 g/mol. The van der Waals surface area contributed by atoms with Crippen LogP contribution in [-0.2, 0) is 10.9 Å². The molecule has 0 atom stereocenters. The van der Waals surface area contributed by atoms with Gasteiger partial charge < -0.3 is 26.4 Å². The quantitative estimate of drug-likeness (QED) is 0.462. The molecule has 0 spiro atoms. The van der Waals surface area contributed by atoms with Crippen LogP contribution in [0.1, 0.15) is 35.8 Å². The van der Waals surface area contributed by atoms with E-state index in [0.29, 0.717) is 31.6 Å². The molecule has 2 amide bonds. The number of carbonyl (C=O) groups excluding carboxylic acids is 2. The van der Waals surface area contributed by atoms with Crippen LogP contribution >= 0.6 is 0 Å². The first kappa shape index (κ1) is 25.6. The number of alkyl halides is 3. The predicted octanol–water partition coefficient (Wildman–Crippen LogP) is 3.24. The van der Waals surface area contributed by atoms with Gasteiger partial charge in [-0.2, -0.15) is 13.2 Å². The second-order valence-corrected chi connectivity index (χ2v) is 8.57. The number of anilines is 3. The lowest BCUT2D eigenvalue weighted by Crippen LogP contribution is -2.46. The second-order valence-electron chi connectivity index (χ2n) is 8.57. The van der Waals surface area contributed by atoms with Crippen LogP contribution in [0.2, 0.25) is 0 Å². The summed E-state index contributed by atoms with van der Waals surface area (Å²) in [5.41, 5.74) is 8.73. The summed E-state index contributed by atoms with van der Waals surface area (Å²) in [5.74, 6) is -0.900. The van der Waals surface area contributed by atoms with Crippen molar-refractivity contribution in [3.8, 4) is 11.4 Å². The number of primary amides is 1. The van der Waals surface area contributed by atoms with Crippen LogP contribution in [0.3, 0.4) is 0 Å². The Morgan fingerprint density at radius 2 is 1.78 bits per heavy atom. The molecule has 194 valence electrons. The lowest BCUT2D eigenvalue weighted by atomic mass is 9.93. The van der Waals surface area contributed by atoms with Crippen molar-refractivity contribution >= 4 is 29.3 Å². The smallest absolute Gasteiger partial charge is 0.418 e. The molecule has 4 heterocycles. The third-order valence-electron chi connectivity index (χ3n) is 5.90. The number of rotatable bonds is 5. The minimum absolute atomic E-state index is 0.187. The maximum Gasteiger partial charge on any atom is 0.418 e. The van der Waals surface area contributed by atoms with Crippen LogP contribution < -0.4 is 21.7 Å². The molecule has 1 aliphatic rings. The van der Waals surface area contributed by atoms with E-state index >= 15 is 0 Å². The molecule has 37 heavy (non-hydrogen) atoms. The number of nitrogens with one attached hydrogen (secondary N) is 1. The Bertz CT molecular complexity index is 1330. The van der Waals surface area contributed by atoms with Gasteiger partial charge in [-0.05, 0) is 31.2 Å². The topological polar surface area (TPSA) is 162 Å². The molecule has 4 rings (SSSR count). The Morgan fingerprint density at radius 3 is 2.46 bits per heavy atom. The number of carbonyl (C=O) groups is 2. The molecule has 14 heteroatoms. The summed E-state index contributed by atoms with van der Waals surface area (Å²) in [4.78, 5) is 42.1. The van der Waals surface area contributed by atoms with E-state index < -0.39 is 35.0 Å². The normalized spacial score (nSPS) is 15.2. The van der Waals surface area contributed by atoms with Gasteiger partial charge in [-0.3, -0.25) is 9.78 Å². The maximum atomic E-state index is 13.5. The highest BCUT2D eigenvalue weighted by Crippen LogP contribution is 2.35. The highest BCUT2D eigenvalue weighted by Gasteiger charge is 2.36. The number of hydrogen-bond donors (Lipinski definition) is 3. The maximum absolute atomic E-state index is 13.5. The van der Waals surface area contributed by atoms with Gasteiger partial charge in [0.25, 0.3) is 5.91 Å². The summed E-state index contributed by atoms with van der Waals surface area (Å²) < 4.78 is 45.6. The molecule has 11 nitrogen and oxygen atoms in total. The van der Waals surface area contributed by atoms with E-state index in [0.717, 1.165) is 18.3 Å². The first-order chi connectivity index (χ1) is 17.5. The summed E-state index contributed by atoms with van der Waals surface area (Å²) in [6.45, 7) is 2.76. The fourth-order valence-electron chi connectivity index (χ4n) is 4.00. The molecule has 1 aliphatic heterocycles. The van der Waals surface area contributed by atoms with E-state index in [2.05, 4.69) is 25.3 Å². The largest absolute Gasteiger partial charge is 0.443 e. The molecule has 0 aromatic carbocycles. The number of nitrogens with two attached hydrogens (primary N) is 2. The first-order valence-electron chi connectivity index (χ1n) is 11.1. The number of ether oxygens (including phenoxy) is 1. The van der Waals surface area contributed by atoms with Crippen molar-refractivity contribution in [1.82, 2.24) is 19.9 Å². The van der Waals surface area contributed by atoms with Crippen LogP contribution in [0.4, 0.5) is 35.3 Å². The number of halogens is 3. The average Bonchev–Trinajstić information content (AvgIpc) is 2.84. The highest BCUT2D eigenvalue weighted by molar-refractivity contribution is 6.06. The van der Waals surface area contributed by atoms with E-state index in [-0.39, 0.29) is 23.0 Å². The van der Waals surface area contributed by atoms with E-state index in [1.165, 1.54) is 12.4 Å². The number of aromatic nitrogens is 4. The number of nitrogen functional groups attached to an aromatic ring is 1. The van der Waals surface area contributed by atoms with Gasteiger partial charge in [0.1, 0.15) is 17.0 Å². The van der Waals surface area contributed by atoms with Crippen molar-refractivity contribution in [1.29, 1.82) is 0 Å². The van der Waals surface area contributed by atoms with Crippen LogP contribution in [0.5, 0.6) is 0 Å². The van der Waals surface area contributed by atoms with Gasteiger partial charge in [0.15, 0.2) is 17.3 Å². The van der Waals surface area contributed by atoms with Crippen LogP contribution in [-0.4, -0.2) is 50.6 Å². The summed E-state index contributed by atoms with van der Waals surface area (Å²) in [6.07, 6.45) is -0.882. The number of nitrogens with zero attached hydrogens (tertiary/aromatic N) is 5. The lowest BCUT2D eigenvalue weighted by Gasteiger charge is -2.39. The van der Waals surface area contributed by atoms with Gasteiger partial charge >= 0.3 is 12.3 Å². The monoisotopic (exact) mass is 516 g/mol. The van der Waals surface area contributed by atoms with E-state index in [9.17, 15) is 22.8 Å². The molecule has 0 radical (unpaired) electrons. The molecule has 1 saturated heterocycles. The fourth-order valence-corrected chi connectivity index (χ4v) is 4.00. The zero-order valence-electron chi connectivity index (χ0n) is 19.6. The number of piperidine rings is 1. The van der Waals surface area contributed by atoms with Crippen LogP contribution in [0.15, 0.2) is 42.9 Å². The lowest BCUT2D eigenvalue weighted by molar-refractivity contribution is -0.137. The molecule has 3 aromatic heterocycles. The Kier molecular flexibility index (Phi) is 6.83. The third kappa shape index (κ3) is 5.68. The average molecular weight is 516 g/mol. The molecule has 0 bridgehead atoms. The van der Waals surface area contributed by atoms with Gasteiger partial charge in [-0.15, -0.1) is 0 Å². The van der Waals surface area contributed by atoms with Crippen molar-refractivity contribution < 1.29 is 27.5 Å². The molecule has 5 N–H and O–H groups in total. The summed E-state index contributed by atoms with van der Waals surface area (Å²) in [6, 6.07) is 5.44. The molecule has 3 aromatic rings. The number of hydrogen-bond acceptors (Lipinski definition) is 9. The minimum atomic E-state index is -4.69. The van der Waals surface area contributed by atoms with Gasteiger partial charge in [0, 0.05) is 38.3 Å². The molecule has 0 saturated carbocycles. The number of pyridine rings is 2. The molecule has 0 aliphatic carbocycles. The SMILES string of the molecule is CC1(OC(N)=O)CCN(c2cccnc2NC(=O)c2nc(-c3ncccc3C(F)(F)F)cnc2N)CC1. The zero-order valence-corrected chi connectivity index (χ0v) is 19.6.